The Morgan fingerprint density at radius 3 is 2.02 bits per heavy atom. The first-order valence-corrected chi connectivity index (χ1v) is 22.4. The molecule has 0 atom stereocenters. The highest BCUT2D eigenvalue weighted by Gasteiger charge is 2.17. The second-order valence-electron chi connectivity index (χ2n) is 13.2. The van der Waals surface area contributed by atoms with Crippen LogP contribution in [0.5, 0.6) is 17.2 Å². The van der Waals surface area contributed by atoms with Gasteiger partial charge < -0.3 is 23.7 Å². The fourth-order valence-corrected chi connectivity index (χ4v) is 5.37. The first kappa shape index (κ1) is 36.3. The number of hydrogen-bond acceptors (Lipinski definition) is 7. The van der Waals surface area contributed by atoms with Crippen LogP contribution in [-0.4, -0.2) is 54.5 Å². The monoisotopic (exact) mass is 629 g/mol. The molecule has 0 unspecified atom stereocenters. The zero-order chi connectivity index (χ0) is 32.0. The van der Waals surface area contributed by atoms with Gasteiger partial charge in [0.25, 0.3) is 0 Å². The third-order valence-corrected chi connectivity index (χ3v) is 9.87. The van der Waals surface area contributed by atoms with Gasteiger partial charge in [-0.1, -0.05) is 63.1 Å². The number of hydrogen-bond donors (Lipinski definition) is 0. The van der Waals surface area contributed by atoms with E-state index in [1.54, 1.807) is 12.1 Å². The Morgan fingerprint density at radius 1 is 0.837 bits per heavy atom. The molecule has 2 aromatic rings. The van der Waals surface area contributed by atoms with Crippen molar-refractivity contribution in [1.29, 1.82) is 0 Å². The lowest BCUT2D eigenvalue weighted by Gasteiger charge is -2.17. The van der Waals surface area contributed by atoms with Crippen molar-refractivity contribution < 1.29 is 28.6 Å². The highest BCUT2D eigenvalue weighted by atomic mass is 28.3. The molecule has 0 spiro atoms. The van der Waals surface area contributed by atoms with Crippen LogP contribution in [0.25, 0.3) is 12.2 Å². The van der Waals surface area contributed by atoms with Gasteiger partial charge in [-0.2, -0.15) is 0 Å². The number of allylic oxidation sites excluding steroid dienone is 2. The molecule has 8 nitrogen and oxygen atoms in total. The van der Waals surface area contributed by atoms with E-state index in [-0.39, 0.29) is 25.0 Å². The van der Waals surface area contributed by atoms with Gasteiger partial charge in [0.05, 0.1) is 11.5 Å². The molecule has 0 saturated heterocycles. The Kier molecular flexibility index (Phi) is 14.7. The van der Waals surface area contributed by atoms with Gasteiger partial charge in [0, 0.05) is 47.1 Å². The number of rotatable bonds is 19. The van der Waals surface area contributed by atoms with Crippen molar-refractivity contribution >= 4 is 34.0 Å². The zero-order valence-corrected chi connectivity index (χ0v) is 29.6. The van der Waals surface area contributed by atoms with Gasteiger partial charge in [-0.25, -0.2) is 0 Å². The summed E-state index contributed by atoms with van der Waals surface area (Å²) in [6, 6.07) is 10.8. The van der Waals surface area contributed by atoms with E-state index in [1.165, 1.54) is 11.6 Å². The van der Waals surface area contributed by atoms with E-state index in [9.17, 15) is 10.1 Å². The van der Waals surface area contributed by atoms with Gasteiger partial charge in [-0.05, 0) is 68.6 Å². The van der Waals surface area contributed by atoms with Crippen molar-refractivity contribution in [2.75, 3.05) is 33.4 Å². The van der Waals surface area contributed by atoms with E-state index in [4.69, 9.17) is 23.7 Å². The molecule has 2 rings (SSSR count). The summed E-state index contributed by atoms with van der Waals surface area (Å²) >= 11 is 0. The molecular weight excluding hydrogens is 579 g/mol. The molecular formula is C33H51NO7Si2. The Labute approximate surface area is 260 Å². The van der Waals surface area contributed by atoms with E-state index < -0.39 is 21.1 Å². The minimum Gasteiger partial charge on any atom is -0.493 e. The molecule has 0 saturated carbocycles. The van der Waals surface area contributed by atoms with Crippen LogP contribution in [0.1, 0.15) is 37.5 Å². The Balaban J connectivity index is 2.33. The molecule has 0 aromatic heterocycles. The van der Waals surface area contributed by atoms with E-state index in [1.807, 2.05) is 31.2 Å². The Bertz CT molecular complexity index is 1240. The maximum Gasteiger partial charge on any atom is 0.311 e. The van der Waals surface area contributed by atoms with Gasteiger partial charge in [-0.15, -0.1) is 0 Å². The van der Waals surface area contributed by atoms with Gasteiger partial charge in [-0.3, -0.25) is 10.1 Å². The molecule has 0 fully saturated rings. The molecule has 10 heteroatoms. The van der Waals surface area contributed by atoms with Crippen molar-refractivity contribution in [2.45, 2.75) is 78.6 Å². The predicted molar refractivity (Wildman–Crippen MR) is 182 cm³/mol. The minimum absolute atomic E-state index is 0.0392. The predicted octanol–water partition coefficient (Wildman–Crippen LogP) is 9.05. The third kappa shape index (κ3) is 14.4. The topological polar surface area (TPSA) is 89.3 Å². The van der Waals surface area contributed by atoms with Crippen LogP contribution in [0.15, 0.2) is 42.0 Å². The standard InChI is InChI=1S/C33H51NO7Si2/c1-10-39-32-23-29(40-24-37-17-19-42(4,5)6)22-28(30(32)15-11-26(2)3)14-12-27-13-16-31(34(35)36)33(21-27)41-25-38-18-20-43(7,8)9/h11-14,16,21-23H,10,15,17-20,24-25H2,1-9H3/b14-12+. The lowest BCUT2D eigenvalue weighted by atomic mass is 10.00. The summed E-state index contributed by atoms with van der Waals surface area (Å²) < 4.78 is 29.1. The fourth-order valence-electron chi connectivity index (χ4n) is 3.86. The Morgan fingerprint density at radius 2 is 1.47 bits per heavy atom. The molecule has 2 aromatic carbocycles. The van der Waals surface area contributed by atoms with Crippen LogP contribution >= 0.6 is 0 Å². The lowest BCUT2D eigenvalue weighted by Crippen LogP contribution is -2.22. The third-order valence-electron chi connectivity index (χ3n) is 6.47. The average Bonchev–Trinajstić information content (AvgIpc) is 2.89. The molecule has 0 bridgehead atoms. The van der Waals surface area contributed by atoms with Crippen LogP contribution in [0.4, 0.5) is 5.69 Å². The van der Waals surface area contributed by atoms with Crippen LogP contribution in [0, 0.1) is 10.1 Å². The molecule has 0 heterocycles. The summed E-state index contributed by atoms with van der Waals surface area (Å²) in [6.07, 6.45) is 6.74. The van der Waals surface area contributed by atoms with Gasteiger partial charge in [0.15, 0.2) is 19.3 Å². The maximum atomic E-state index is 11.6. The van der Waals surface area contributed by atoms with Crippen molar-refractivity contribution in [3.8, 4) is 17.2 Å². The normalized spacial score (nSPS) is 11.9. The summed E-state index contributed by atoms with van der Waals surface area (Å²) in [5, 5.41) is 11.6. The van der Waals surface area contributed by atoms with Gasteiger partial charge in [0.2, 0.25) is 0 Å². The number of nitrogens with zero attached hydrogens (tertiary/aromatic N) is 1. The van der Waals surface area contributed by atoms with Crippen LogP contribution in [-0.2, 0) is 15.9 Å². The molecule has 0 N–H and O–H groups in total. The summed E-state index contributed by atoms with van der Waals surface area (Å²) in [4.78, 5) is 11.2. The number of nitro groups is 1. The quantitative estimate of drug-likeness (QED) is 0.0291. The van der Waals surface area contributed by atoms with Crippen molar-refractivity contribution in [1.82, 2.24) is 0 Å². The van der Waals surface area contributed by atoms with Crippen molar-refractivity contribution in [3.05, 3.63) is 68.8 Å². The molecule has 238 valence electrons. The van der Waals surface area contributed by atoms with Crippen LogP contribution in [0.2, 0.25) is 51.4 Å². The second kappa shape index (κ2) is 17.4. The summed E-state index contributed by atoms with van der Waals surface area (Å²) in [5.74, 6) is 1.58. The van der Waals surface area contributed by atoms with Gasteiger partial charge >= 0.3 is 5.69 Å². The largest absolute Gasteiger partial charge is 0.493 e. The smallest absolute Gasteiger partial charge is 0.311 e. The highest BCUT2D eigenvalue weighted by Crippen LogP contribution is 2.33. The van der Waals surface area contributed by atoms with Gasteiger partial charge in [0.1, 0.15) is 11.5 Å². The number of nitro benzene ring substituents is 1. The first-order chi connectivity index (χ1) is 20.2. The summed E-state index contributed by atoms with van der Waals surface area (Å²) in [7, 11) is -2.43. The summed E-state index contributed by atoms with van der Waals surface area (Å²) in [6.45, 7) is 21.7. The molecule has 0 aliphatic heterocycles. The Hall–Kier alpha value is -2.93. The van der Waals surface area contributed by atoms with E-state index in [2.05, 4.69) is 59.2 Å². The van der Waals surface area contributed by atoms with Crippen molar-refractivity contribution in [3.63, 3.8) is 0 Å². The first-order valence-electron chi connectivity index (χ1n) is 15.0. The molecule has 0 aliphatic rings. The maximum absolute atomic E-state index is 11.6. The van der Waals surface area contributed by atoms with Crippen molar-refractivity contribution in [2.24, 2.45) is 0 Å². The minimum atomic E-state index is -1.24. The van der Waals surface area contributed by atoms with E-state index in [0.29, 0.717) is 32.0 Å². The SMILES string of the molecule is CCOc1cc(OCOCC[Si](C)(C)C)cc(/C=C/c2ccc([N+](=O)[O-])c(OCOCC[Si](C)(C)C)c2)c1CC=C(C)C. The number of benzene rings is 2. The van der Waals surface area contributed by atoms with Crippen LogP contribution in [0.3, 0.4) is 0 Å². The molecule has 0 aliphatic carbocycles. The fraction of sp³-hybridized carbons (Fsp3) is 0.515. The molecule has 43 heavy (non-hydrogen) atoms. The summed E-state index contributed by atoms with van der Waals surface area (Å²) in [5.41, 5.74) is 3.82. The second-order valence-corrected chi connectivity index (χ2v) is 24.4. The highest BCUT2D eigenvalue weighted by molar-refractivity contribution is 6.76. The molecule has 0 radical (unpaired) electrons. The zero-order valence-electron chi connectivity index (χ0n) is 27.6. The van der Waals surface area contributed by atoms with Crippen LogP contribution < -0.4 is 14.2 Å². The van der Waals surface area contributed by atoms with E-state index in [0.717, 1.165) is 34.5 Å². The lowest BCUT2D eigenvalue weighted by molar-refractivity contribution is -0.386. The number of ether oxygens (including phenoxy) is 5. The van der Waals surface area contributed by atoms with E-state index >= 15 is 0 Å². The average molecular weight is 630 g/mol. The molecule has 0 amide bonds.